The quantitative estimate of drug-likeness (QED) is 0.614. The highest BCUT2D eigenvalue weighted by Crippen LogP contribution is 2.22. The smallest absolute Gasteiger partial charge is 0.160 e. The van der Waals surface area contributed by atoms with Crippen molar-refractivity contribution in [2.75, 3.05) is 13.1 Å². The zero-order chi connectivity index (χ0) is 9.14. The maximum absolute atomic E-state index is 5.55. The molecule has 4 nitrogen and oxygen atoms in total. The van der Waals surface area contributed by atoms with Crippen LogP contribution >= 0.6 is 0 Å². The van der Waals surface area contributed by atoms with Crippen LogP contribution in [-0.2, 0) is 9.47 Å². The topological polar surface area (TPSA) is 70.5 Å². The Morgan fingerprint density at radius 3 is 1.75 bits per heavy atom. The molecule has 12 heavy (non-hydrogen) atoms. The van der Waals surface area contributed by atoms with Crippen molar-refractivity contribution in [3.05, 3.63) is 0 Å². The van der Waals surface area contributed by atoms with E-state index in [0.717, 1.165) is 0 Å². The third-order valence-corrected chi connectivity index (χ3v) is 2.04. The Balaban J connectivity index is 2.47. The normalized spacial score (nSPS) is 36.2. The number of rotatable bonds is 3. The van der Waals surface area contributed by atoms with E-state index in [4.69, 9.17) is 20.9 Å². The summed E-state index contributed by atoms with van der Waals surface area (Å²) in [6.07, 6.45) is -0.183. The van der Waals surface area contributed by atoms with Crippen molar-refractivity contribution < 1.29 is 9.47 Å². The van der Waals surface area contributed by atoms with E-state index in [2.05, 4.69) is 13.8 Å². The van der Waals surface area contributed by atoms with Crippen LogP contribution in [0.15, 0.2) is 0 Å². The summed E-state index contributed by atoms with van der Waals surface area (Å²) >= 11 is 0. The van der Waals surface area contributed by atoms with Crippen LogP contribution in [0.4, 0.5) is 0 Å². The fraction of sp³-hybridized carbons (Fsp3) is 1.00. The average molecular weight is 174 g/mol. The van der Waals surface area contributed by atoms with E-state index >= 15 is 0 Å². The summed E-state index contributed by atoms with van der Waals surface area (Å²) in [5, 5.41) is 0. The van der Waals surface area contributed by atoms with E-state index in [1.54, 1.807) is 0 Å². The van der Waals surface area contributed by atoms with Crippen LogP contribution in [0.3, 0.4) is 0 Å². The second kappa shape index (κ2) is 4.18. The molecule has 2 unspecified atom stereocenters. The van der Waals surface area contributed by atoms with Crippen LogP contribution in [0, 0.1) is 5.92 Å². The van der Waals surface area contributed by atoms with Gasteiger partial charge in [-0.3, -0.25) is 0 Å². The Labute approximate surface area is 73.2 Å². The Bertz CT molecular complexity index is 129. The molecule has 4 N–H and O–H groups in total. The lowest BCUT2D eigenvalue weighted by Crippen LogP contribution is -2.35. The molecule has 4 heteroatoms. The third kappa shape index (κ3) is 1.95. The van der Waals surface area contributed by atoms with Crippen molar-refractivity contribution in [3.63, 3.8) is 0 Å². The van der Waals surface area contributed by atoms with Gasteiger partial charge in [-0.05, 0) is 0 Å². The molecular weight excluding hydrogens is 156 g/mol. The average Bonchev–Trinajstić information content (AvgIpc) is 2.46. The first-order valence-electron chi connectivity index (χ1n) is 4.40. The maximum Gasteiger partial charge on any atom is 0.160 e. The number of hydrogen-bond acceptors (Lipinski definition) is 4. The van der Waals surface area contributed by atoms with Gasteiger partial charge >= 0.3 is 0 Å². The van der Waals surface area contributed by atoms with Gasteiger partial charge in [-0.15, -0.1) is 0 Å². The van der Waals surface area contributed by atoms with Gasteiger partial charge in [0.1, 0.15) is 12.2 Å². The summed E-state index contributed by atoms with van der Waals surface area (Å²) in [5.41, 5.74) is 11.0. The molecule has 0 amide bonds. The van der Waals surface area contributed by atoms with Gasteiger partial charge in [-0.25, -0.2) is 0 Å². The van der Waals surface area contributed by atoms with Gasteiger partial charge in [0.2, 0.25) is 0 Å². The summed E-state index contributed by atoms with van der Waals surface area (Å²) in [5.74, 6) is 0.357. The highest BCUT2D eigenvalue weighted by molar-refractivity contribution is 4.79. The van der Waals surface area contributed by atoms with E-state index in [-0.39, 0.29) is 18.5 Å². The van der Waals surface area contributed by atoms with Gasteiger partial charge in [-0.1, -0.05) is 13.8 Å². The van der Waals surface area contributed by atoms with Crippen LogP contribution in [0.2, 0.25) is 0 Å². The molecule has 1 fully saturated rings. The van der Waals surface area contributed by atoms with Gasteiger partial charge in [0.25, 0.3) is 0 Å². The van der Waals surface area contributed by atoms with Crippen molar-refractivity contribution in [3.8, 4) is 0 Å². The van der Waals surface area contributed by atoms with Crippen LogP contribution in [-0.4, -0.2) is 31.6 Å². The first kappa shape index (κ1) is 9.92. The summed E-state index contributed by atoms with van der Waals surface area (Å²) in [7, 11) is 0. The largest absolute Gasteiger partial charge is 0.345 e. The second-order valence-corrected chi connectivity index (χ2v) is 3.43. The number of ether oxygens (including phenoxy) is 2. The van der Waals surface area contributed by atoms with Gasteiger partial charge in [0.15, 0.2) is 6.29 Å². The number of hydrogen-bond donors (Lipinski definition) is 2. The monoisotopic (exact) mass is 174 g/mol. The molecule has 0 bridgehead atoms. The van der Waals surface area contributed by atoms with Gasteiger partial charge in [-0.2, -0.15) is 0 Å². The third-order valence-electron chi connectivity index (χ3n) is 2.04. The predicted molar refractivity (Wildman–Crippen MR) is 46.5 cm³/mol. The maximum atomic E-state index is 5.55. The van der Waals surface area contributed by atoms with E-state index in [1.807, 2.05) is 0 Å². The standard InChI is InChI=1S/C8H18N2O2/c1-5(2)8-11-6(3-9)7(4-10)12-8/h5-8H,3-4,9-10H2,1-2H3/t6-,7?,8?/m1/s1. The van der Waals surface area contributed by atoms with Crippen molar-refractivity contribution in [2.24, 2.45) is 17.4 Å². The van der Waals surface area contributed by atoms with Crippen LogP contribution < -0.4 is 11.5 Å². The van der Waals surface area contributed by atoms with Crippen LogP contribution in [0.25, 0.3) is 0 Å². The summed E-state index contributed by atoms with van der Waals surface area (Å²) in [6.45, 7) is 5.06. The minimum atomic E-state index is -0.132. The lowest BCUT2D eigenvalue weighted by molar-refractivity contribution is -0.0934. The van der Waals surface area contributed by atoms with E-state index in [9.17, 15) is 0 Å². The summed E-state index contributed by atoms with van der Waals surface area (Å²) < 4.78 is 11.1. The molecule has 0 saturated carbocycles. The molecule has 72 valence electrons. The Hall–Kier alpha value is -0.160. The van der Waals surface area contributed by atoms with Crippen molar-refractivity contribution in [2.45, 2.75) is 32.3 Å². The van der Waals surface area contributed by atoms with E-state index in [0.29, 0.717) is 19.0 Å². The first-order valence-corrected chi connectivity index (χ1v) is 4.40. The predicted octanol–water partition coefficient (Wildman–Crippen LogP) is -0.330. The fourth-order valence-corrected chi connectivity index (χ4v) is 1.28. The fourth-order valence-electron chi connectivity index (χ4n) is 1.28. The molecule has 1 rings (SSSR count). The van der Waals surface area contributed by atoms with E-state index in [1.165, 1.54) is 0 Å². The molecule has 1 aliphatic rings. The molecule has 0 spiro atoms. The van der Waals surface area contributed by atoms with Crippen LogP contribution in [0.5, 0.6) is 0 Å². The molecule has 0 radical (unpaired) electrons. The number of nitrogens with two attached hydrogens (primary N) is 2. The molecule has 1 aliphatic heterocycles. The molecule has 1 saturated heterocycles. The highest BCUT2D eigenvalue weighted by atomic mass is 16.7. The van der Waals surface area contributed by atoms with Gasteiger partial charge < -0.3 is 20.9 Å². The molecular formula is C8H18N2O2. The second-order valence-electron chi connectivity index (χ2n) is 3.43. The molecule has 3 atom stereocenters. The molecule has 0 aromatic rings. The molecule has 0 aliphatic carbocycles. The molecule has 0 aromatic carbocycles. The SMILES string of the molecule is CC(C)C1OC(CN)[C@@H](CN)O1. The minimum absolute atomic E-state index is 0.0256. The van der Waals surface area contributed by atoms with Gasteiger partial charge in [0, 0.05) is 19.0 Å². The van der Waals surface area contributed by atoms with E-state index < -0.39 is 0 Å². The summed E-state index contributed by atoms with van der Waals surface area (Å²) in [6, 6.07) is 0. The Kier molecular flexibility index (Phi) is 3.46. The zero-order valence-electron chi connectivity index (χ0n) is 7.69. The first-order chi connectivity index (χ1) is 5.69. The minimum Gasteiger partial charge on any atom is -0.345 e. The van der Waals surface area contributed by atoms with Crippen LogP contribution in [0.1, 0.15) is 13.8 Å². The molecule has 0 aromatic heterocycles. The van der Waals surface area contributed by atoms with Crippen molar-refractivity contribution in [1.29, 1.82) is 0 Å². The lowest BCUT2D eigenvalue weighted by Gasteiger charge is -2.13. The Morgan fingerprint density at radius 1 is 1.08 bits per heavy atom. The van der Waals surface area contributed by atoms with Crippen molar-refractivity contribution >= 4 is 0 Å². The zero-order valence-corrected chi connectivity index (χ0v) is 7.69. The highest BCUT2D eigenvalue weighted by Gasteiger charge is 2.35. The van der Waals surface area contributed by atoms with Gasteiger partial charge in [0.05, 0.1) is 0 Å². The Morgan fingerprint density at radius 2 is 1.50 bits per heavy atom. The molecule has 1 heterocycles. The lowest BCUT2D eigenvalue weighted by atomic mass is 10.2. The van der Waals surface area contributed by atoms with Crippen molar-refractivity contribution in [1.82, 2.24) is 0 Å². The summed E-state index contributed by atoms with van der Waals surface area (Å²) in [4.78, 5) is 0.